The van der Waals surface area contributed by atoms with Crippen molar-refractivity contribution in [1.82, 2.24) is 14.1 Å². The highest BCUT2D eigenvalue weighted by atomic mass is 32.2. The van der Waals surface area contributed by atoms with Crippen molar-refractivity contribution < 1.29 is 27.9 Å². The molecule has 1 unspecified atom stereocenters. The number of Topliss-reactive ketones (excluding diaryl/α,β-unsaturated/α-hetero) is 1. The Morgan fingerprint density at radius 3 is 2.26 bits per heavy atom. The van der Waals surface area contributed by atoms with Crippen LogP contribution in [0.3, 0.4) is 0 Å². The Hall–Kier alpha value is -3.54. The highest BCUT2D eigenvalue weighted by Crippen LogP contribution is 2.53. The number of ketones is 1. The molecule has 0 saturated carbocycles. The van der Waals surface area contributed by atoms with Crippen LogP contribution in [-0.2, 0) is 29.9 Å². The summed E-state index contributed by atoms with van der Waals surface area (Å²) in [5.74, 6) is -2.75. The standard InChI is InChI=1S/C31H38N4O6S/c1-4-17-34-25-12-7-6-11-24(25)31(30(34)39)26(28(37)29(38)35(31)21-10-18-32(2)3)27(36)22-13-15-23(16-14-22)42(40,41)33-19-8-5-9-20-33/h6-7,11-16,36H,4-5,8-10,17-21H2,1-3H3/b27-26+. The average Bonchev–Trinajstić information content (AvgIpc) is 3.36. The lowest BCUT2D eigenvalue weighted by atomic mass is 9.82. The number of nitrogens with zero attached hydrogens (tertiary/aromatic N) is 4. The molecular weight excluding hydrogens is 556 g/mol. The molecule has 224 valence electrons. The van der Waals surface area contributed by atoms with Gasteiger partial charge in [-0.25, -0.2) is 8.42 Å². The zero-order chi connectivity index (χ0) is 30.2. The van der Waals surface area contributed by atoms with Gasteiger partial charge in [0, 0.05) is 37.3 Å². The highest BCUT2D eigenvalue weighted by molar-refractivity contribution is 7.89. The van der Waals surface area contributed by atoms with Gasteiger partial charge in [-0.05, 0) is 76.7 Å². The van der Waals surface area contributed by atoms with E-state index in [2.05, 4.69) is 0 Å². The monoisotopic (exact) mass is 594 g/mol. The van der Waals surface area contributed by atoms with Gasteiger partial charge < -0.3 is 19.8 Å². The molecule has 2 saturated heterocycles. The second kappa shape index (κ2) is 11.6. The van der Waals surface area contributed by atoms with Crippen LogP contribution in [0.15, 0.2) is 59.0 Å². The number of aliphatic hydroxyl groups excluding tert-OH is 1. The molecule has 2 aromatic rings. The lowest BCUT2D eigenvalue weighted by Crippen LogP contribution is -2.52. The number of sulfonamides is 1. The minimum Gasteiger partial charge on any atom is -0.507 e. The molecule has 10 nitrogen and oxygen atoms in total. The van der Waals surface area contributed by atoms with E-state index in [0.29, 0.717) is 50.3 Å². The van der Waals surface area contributed by atoms with Gasteiger partial charge in [0.2, 0.25) is 10.0 Å². The van der Waals surface area contributed by atoms with E-state index in [1.807, 2.05) is 25.9 Å². The van der Waals surface area contributed by atoms with Gasteiger partial charge in [-0.1, -0.05) is 31.5 Å². The molecule has 0 aromatic heterocycles. The van der Waals surface area contributed by atoms with Crippen LogP contribution < -0.4 is 4.90 Å². The number of rotatable bonds is 9. The maximum atomic E-state index is 14.4. The largest absolute Gasteiger partial charge is 0.507 e. The summed E-state index contributed by atoms with van der Waals surface area (Å²) in [5, 5.41) is 11.7. The van der Waals surface area contributed by atoms with Crippen LogP contribution in [0.1, 0.15) is 50.2 Å². The molecule has 11 heteroatoms. The molecule has 3 heterocycles. The number of aliphatic hydroxyl groups is 1. The van der Waals surface area contributed by atoms with Gasteiger partial charge in [0.15, 0.2) is 5.54 Å². The molecule has 3 aliphatic rings. The quantitative estimate of drug-likeness (QED) is 0.269. The SMILES string of the molecule is CCCN1C(=O)C2(/C(=C(/O)c3ccc(S(=O)(=O)N4CCCCC4)cc3)C(=O)C(=O)N2CCCN(C)C)c2ccccc21. The molecule has 42 heavy (non-hydrogen) atoms. The first-order valence-electron chi connectivity index (χ1n) is 14.5. The lowest BCUT2D eigenvalue weighted by Gasteiger charge is -2.34. The van der Waals surface area contributed by atoms with E-state index in [1.54, 1.807) is 29.2 Å². The van der Waals surface area contributed by atoms with Crippen molar-refractivity contribution in [3.05, 3.63) is 65.2 Å². The second-order valence-electron chi connectivity index (χ2n) is 11.3. The fourth-order valence-electron chi connectivity index (χ4n) is 6.34. The summed E-state index contributed by atoms with van der Waals surface area (Å²) in [5.41, 5.74) is -0.900. The smallest absolute Gasteiger partial charge is 0.296 e. The highest BCUT2D eigenvalue weighted by Gasteiger charge is 2.66. The molecule has 2 amide bonds. The number of benzene rings is 2. The minimum absolute atomic E-state index is 0.0798. The first kappa shape index (κ1) is 29.9. The summed E-state index contributed by atoms with van der Waals surface area (Å²) in [6, 6.07) is 12.7. The van der Waals surface area contributed by atoms with Crippen molar-refractivity contribution in [2.24, 2.45) is 0 Å². The Morgan fingerprint density at radius 2 is 1.62 bits per heavy atom. The first-order chi connectivity index (χ1) is 20.1. The summed E-state index contributed by atoms with van der Waals surface area (Å²) < 4.78 is 27.8. The van der Waals surface area contributed by atoms with Crippen LogP contribution >= 0.6 is 0 Å². The molecule has 5 rings (SSSR count). The summed E-state index contributed by atoms with van der Waals surface area (Å²) in [6.45, 7) is 3.99. The van der Waals surface area contributed by atoms with E-state index in [9.17, 15) is 27.9 Å². The van der Waals surface area contributed by atoms with Gasteiger partial charge in [0.1, 0.15) is 5.76 Å². The third-order valence-electron chi connectivity index (χ3n) is 8.32. The first-order valence-corrected chi connectivity index (χ1v) is 16.0. The van der Waals surface area contributed by atoms with Gasteiger partial charge in [-0.3, -0.25) is 14.4 Å². The number of piperidine rings is 1. The average molecular weight is 595 g/mol. The van der Waals surface area contributed by atoms with Gasteiger partial charge in [-0.2, -0.15) is 4.31 Å². The predicted octanol–water partition coefficient (Wildman–Crippen LogP) is 3.15. The maximum Gasteiger partial charge on any atom is 0.296 e. The number of para-hydroxylation sites is 1. The molecule has 2 aromatic carbocycles. The molecule has 1 atom stereocenters. The number of likely N-dealkylation sites (tertiary alicyclic amines) is 1. The molecule has 1 spiro atoms. The van der Waals surface area contributed by atoms with Crippen LogP contribution in [0.2, 0.25) is 0 Å². The summed E-state index contributed by atoms with van der Waals surface area (Å²) >= 11 is 0. The van der Waals surface area contributed by atoms with Crippen LogP contribution in [0, 0.1) is 0 Å². The molecule has 2 fully saturated rings. The maximum absolute atomic E-state index is 14.4. The Balaban J connectivity index is 1.65. The normalized spacial score (nSPS) is 22.5. The van der Waals surface area contributed by atoms with Crippen LogP contribution in [0.4, 0.5) is 5.69 Å². The van der Waals surface area contributed by atoms with E-state index >= 15 is 0 Å². The number of fused-ring (bicyclic) bond motifs is 2. The number of carbonyl (C=O) groups is 3. The van der Waals surface area contributed by atoms with Crippen molar-refractivity contribution in [2.45, 2.75) is 49.5 Å². The fourth-order valence-corrected chi connectivity index (χ4v) is 7.86. The van der Waals surface area contributed by atoms with E-state index in [0.717, 1.165) is 19.3 Å². The third-order valence-corrected chi connectivity index (χ3v) is 10.2. The number of hydrogen-bond donors (Lipinski definition) is 1. The zero-order valence-electron chi connectivity index (χ0n) is 24.4. The Morgan fingerprint density at radius 1 is 0.952 bits per heavy atom. The Bertz CT molecular complexity index is 1530. The Labute approximate surface area is 247 Å². The summed E-state index contributed by atoms with van der Waals surface area (Å²) in [4.78, 5) is 46.7. The van der Waals surface area contributed by atoms with Crippen LogP contribution in [0.5, 0.6) is 0 Å². The molecular formula is C31H38N4O6S. The van der Waals surface area contributed by atoms with Crippen molar-refractivity contribution >= 4 is 39.1 Å². The predicted molar refractivity (Wildman–Crippen MR) is 159 cm³/mol. The number of anilines is 1. The van der Waals surface area contributed by atoms with Crippen molar-refractivity contribution in [1.29, 1.82) is 0 Å². The summed E-state index contributed by atoms with van der Waals surface area (Å²) in [7, 11) is 0.0895. The van der Waals surface area contributed by atoms with E-state index in [-0.39, 0.29) is 22.6 Å². The third kappa shape index (κ3) is 4.73. The van der Waals surface area contributed by atoms with Crippen LogP contribution in [0.25, 0.3) is 5.76 Å². The molecule has 3 aliphatic heterocycles. The van der Waals surface area contributed by atoms with E-state index in [1.165, 1.54) is 33.5 Å². The van der Waals surface area contributed by atoms with Gasteiger partial charge >= 0.3 is 0 Å². The van der Waals surface area contributed by atoms with Crippen molar-refractivity contribution in [3.8, 4) is 0 Å². The zero-order valence-corrected chi connectivity index (χ0v) is 25.2. The molecule has 0 bridgehead atoms. The molecule has 0 aliphatic carbocycles. The molecule has 0 radical (unpaired) electrons. The van der Waals surface area contributed by atoms with Gasteiger partial charge in [0.25, 0.3) is 17.6 Å². The van der Waals surface area contributed by atoms with E-state index in [4.69, 9.17) is 0 Å². The van der Waals surface area contributed by atoms with Crippen molar-refractivity contribution in [3.63, 3.8) is 0 Å². The Kier molecular flexibility index (Phi) is 8.28. The number of hydrogen-bond acceptors (Lipinski definition) is 7. The topological polar surface area (TPSA) is 119 Å². The van der Waals surface area contributed by atoms with Gasteiger partial charge in [0.05, 0.1) is 16.2 Å². The fraction of sp³-hybridized carbons (Fsp3) is 0.452. The number of amides is 2. The number of carbonyl (C=O) groups excluding carboxylic acids is 3. The van der Waals surface area contributed by atoms with Gasteiger partial charge in [-0.15, -0.1) is 0 Å². The lowest BCUT2D eigenvalue weighted by molar-refractivity contribution is -0.143. The molecule has 1 N–H and O–H groups in total. The van der Waals surface area contributed by atoms with E-state index < -0.39 is 38.9 Å². The minimum atomic E-state index is -3.71. The van der Waals surface area contributed by atoms with Crippen LogP contribution in [-0.4, -0.2) is 92.0 Å². The van der Waals surface area contributed by atoms with Crippen molar-refractivity contribution in [2.75, 3.05) is 51.7 Å². The second-order valence-corrected chi connectivity index (χ2v) is 13.3. The summed E-state index contributed by atoms with van der Waals surface area (Å²) in [6.07, 6.45) is 3.76.